The predicted molar refractivity (Wildman–Crippen MR) is 74.3 cm³/mol. The van der Waals surface area contributed by atoms with Crippen molar-refractivity contribution in [2.24, 2.45) is 0 Å². The number of rotatable bonds is 5. The molecule has 0 aromatic heterocycles. The van der Waals surface area contributed by atoms with Crippen LogP contribution in [0.15, 0.2) is 18.2 Å². The summed E-state index contributed by atoms with van der Waals surface area (Å²) in [5, 5.41) is 18.3. The van der Waals surface area contributed by atoms with E-state index in [1.54, 1.807) is 0 Å². The van der Waals surface area contributed by atoms with Gasteiger partial charge in [-0.3, -0.25) is 4.79 Å². The van der Waals surface area contributed by atoms with Crippen LogP contribution in [0.25, 0.3) is 0 Å². The normalized spacial score (nSPS) is 16.0. The smallest absolute Gasteiger partial charge is 0.339 e. The Balaban J connectivity index is 1.98. The average molecular weight is 277 g/mol. The highest BCUT2D eigenvalue weighted by molar-refractivity contribution is 6.00. The van der Waals surface area contributed by atoms with Crippen LogP contribution in [0.1, 0.15) is 46.4 Å². The highest BCUT2D eigenvalue weighted by atomic mass is 16.4. The van der Waals surface area contributed by atoms with Crippen LogP contribution in [-0.4, -0.2) is 46.5 Å². The Morgan fingerprint density at radius 3 is 2.50 bits per heavy atom. The molecule has 0 bridgehead atoms. The summed E-state index contributed by atoms with van der Waals surface area (Å²) in [4.78, 5) is 25.3. The minimum Gasteiger partial charge on any atom is -0.507 e. The van der Waals surface area contributed by atoms with E-state index in [1.807, 2.05) is 0 Å². The van der Waals surface area contributed by atoms with E-state index in [0.717, 1.165) is 13.1 Å². The molecule has 1 aliphatic heterocycles. The zero-order valence-electron chi connectivity index (χ0n) is 11.3. The summed E-state index contributed by atoms with van der Waals surface area (Å²) in [7, 11) is 0. The van der Waals surface area contributed by atoms with Gasteiger partial charge in [-0.05, 0) is 44.1 Å². The summed E-state index contributed by atoms with van der Waals surface area (Å²) in [6.45, 7) is 2.77. The SMILES string of the molecule is O=C(CCN1CCCCC1)c1ccc(O)c(C(=O)O)c1. The number of carboxylic acid groups (broad SMARTS) is 1. The van der Waals surface area contributed by atoms with E-state index >= 15 is 0 Å². The van der Waals surface area contributed by atoms with Gasteiger partial charge in [-0.2, -0.15) is 0 Å². The van der Waals surface area contributed by atoms with E-state index in [-0.39, 0.29) is 17.1 Å². The quantitative estimate of drug-likeness (QED) is 0.806. The first kappa shape index (κ1) is 14.5. The van der Waals surface area contributed by atoms with Crippen molar-refractivity contribution in [3.05, 3.63) is 29.3 Å². The molecule has 0 saturated carbocycles. The molecule has 20 heavy (non-hydrogen) atoms. The number of piperidine rings is 1. The van der Waals surface area contributed by atoms with Gasteiger partial charge in [-0.15, -0.1) is 0 Å². The molecule has 1 fully saturated rings. The van der Waals surface area contributed by atoms with Crippen LogP contribution < -0.4 is 0 Å². The van der Waals surface area contributed by atoms with Gasteiger partial charge in [0.05, 0.1) is 0 Å². The maximum absolute atomic E-state index is 12.1. The molecule has 0 aliphatic carbocycles. The summed E-state index contributed by atoms with van der Waals surface area (Å²) < 4.78 is 0. The van der Waals surface area contributed by atoms with Crippen molar-refractivity contribution in [1.29, 1.82) is 0 Å². The Hall–Kier alpha value is -1.88. The number of carbonyl (C=O) groups is 2. The number of aromatic carboxylic acids is 1. The zero-order chi connectivity index (χ0) is 14.5. The lowest BCUT2D eigenvalue weighted by molar-refractivity contribution is 0.0693. The largest absolute Gasteiger partial charge is 0.507 e. The highest BCUT2D eigenvalue weighted by Gasteiger charge is 2.16. The number of hydrogen-bond donors (Lipinski definition) is 2. The van der Waals surface area contributed by atoms with Gasteiger partial charge in [-0.1, -0.05) is 6.42 Å². The standard InChI is InChI=1S/C15H19NO4/c17-13(6-9-16-7-2-1-3-8-16)11-4-5-14(18)12(10-11)15(19)20/h4-5,10,18H,1-3,6-9H2,(H,19,20). The van der Waals surface area contributed by atoms with Crippen LogP contribution in [0.4, 0.5) is 0 Å². The third-order valence-corrected chi connectivity index (χ3v) is 3.65. The number of phenols is 1. The molecule has 1 aromatic rings. The Morgan fingerprint density at radius 2 is 1.85 bits per heavy atom. The summed E-state index contributed by atoms with van der Waals surface area (Å²) in [5.41, 5.74) is 0.117. The first-order valence-electron chi connectivity index (χ1n) is 6.90. The van der Waals surface area contributed by atoms with Gasteiger partial charge in [0.1, 0.15) is 11.3 Å². The molecule has 5 nitrogen and oxygen atoms in total. The molecule has 5 heteroatoms. The molecule has 1 aromatic carbocycles. The van der Waals surface area contributed by atoms with Crippen LogP contribution in [0, 0.1) is 0 Å². The van der Waals surface area contributed by atoms with Crippen molar-refractivity contribution >= 4 is 11.8 Å². The van der Waals surface area contributed by atoms with E-state index < -0.39 is 5.97 Å². The van der Waals surface area contributed by atoms with E-state index in [0.29, 0.717) is 18.5 Å². The number of carboxylic acids is 1. The molecule has 0 unspecified atom stereocenters. The van der Waals surface area contributed by atoms with Crippen molar-refractivity contribution in [1.82, 2.24) is 4.90 Å². The number of carbonyl (C=O) groups excluding carboxylic acids is 1. The number of aromatic hydroxyl groups is 1. The molecule has 1 aliphatic rings. The van der Waals surface area contributed by atoms with Gasteiger partial charge in [0.2, 0.25) is 0 Å². The molecule has 0 amide bonds. The van der Waals surface area contributed by atoms with E-state index in [4.69, 9.17) is 5.11 Å². The number of likely N-dealkylation sites (tertiary alicyclic amines) is 1. The molecule has 2 N–H and O–H groups in total. The summed E-state index contributed by atoms with van der Waals surface area (Å²) in [5.74, 6) is -1.63. The molecule has 1 saturated heterocycles. The molecule has 2 rings (SSSR count). The van der Waals surface area contributed by atoms with Crippen LogP contribution in [-0.2, 0) is 0 Å². The first-order chi connectivity index (χ1) is 9.58. The third-order valence-electron chi connectivity index (χ3n) is 3.65. The minimum absolute atomic E-state index is 0.0851. The number of hydrogen-bond acceptors (Lipinski definition) is 4. The van der Waals surface area contributed by atoms with Crippen LogP contribution in [0.5, 0.6) is 5.75 Å². The van der Waals surface area contributed by atoms with Gasteiger partial charge in [0, 0.05) is 18.5 Å². The second-order valence-electron chi connectivity index (χ2n) is 5.11. The van der Waals surface area contributed by atoms with E-state index in [1.165, 1.54) is 37.5 Å². The van der Waals surface area contributed by atoms with Crippen LogP contribution in [0.3, 0.4) is 0 Å². The highest BCUT2D eigenvalue weighted by Crippen LogP contribution is 2.19. The van der Waals surface area contributed by atoms with Crippen molar-refractivity contribution in [3.8, 4) is 5.75 Å². The van der Waals surface area contributed by atoms with E-state index in [9.17, 15) is 14.7 Å². The Morgan fingerprint density at radius 1 is 1.15 bits per heavy atom. The van der Waals surface area contributed by atoms with Crippen LogP contribution in [0.2, 0.25) is 0 Å². The summed E-state index contributed by atoms with van der Waals surface area (Å²) in [6, 6.07) is 3.98. The van der Waals surface area contributed by atoms with Gasteiger partial charge in [0.15, 0.2) is 5.78 Å². The fourth-order valence-electron chi connectivity index (χ4n) is 2.47. The summed E-state index contributed by atoms with van der Waals surface area (Å²) in [6.07, 6.45) is 3.99. The number of ketones is 1. The molecule has 0 radical (unpaired) electrons. The van der Waals surface area contributed by atoms with Crippen molar-refractivity contribution in [2.75, 3.05) is 19.6 Å². The molecular weight excluding hydrogens is 258 g/mol. The average Bonchev–Trinajstić information content (AvgIpc) is 2.46. The van der Waals surface area contributed by atoms with Crippen LogP contribution >= 0.6 is 0 Å². The fourth-order valence-corrected chi connectivity index (χ4v) is 2.47. The molecule has 1 heterocycles. The Labute approximate surface area is 117 Å². The molecule has 0 spiro atoms. The lowest BCUT2D eigenvalue weighted by Crippen LogP contribution is -2.31. The molecule has 108 valence electrons. The fraction of sp³-hybridized carbons (Fsp3) is 0.467. The topological polar surface area (TPSA) is 77.8 Å². The molecule has 0 atom stereocenters. The van der Waals surface area contributed by atoms with Gasteiger partial charge in [-0.25, -0.2) is 4.79 Å². The number of nitrogens with zero attached hydrogens (tertiary/aromatic N) is 1. The lowest BCUT2D eigenvalue weighted by Gasteiger charge is -2.25. The van der Waals surface area contributed by atoms with Crippen molar-refractivity contribution in [3.63, 3.8) is 0 Å². The van der Waals surface area contributed by atoms with E-state index in [2.05, 4.69) is 4.90 Å². The number of benzene rings is 1. The Kier molecular flexibility index (Phi) is 4.74. The monoisotopic (exact) mass is 277 g/mol. The third kappa shape index (κ3) is 3.57. The Bertz CT molecular complexity index is 507. The zero-order valence-corrected chi connectivity index (χ0v) is 11.3. The van der Waals surface area contributed by atoms with Crippen molar-refractivity contribution < 1.29 is 19.8 Å². The van der Waals surface area contributed by atoms with Gasteiger partial charge < -0.3 is 15.1 Å². The maximum Gasteiger partial charge on any atom is 0.339 e. The lowest BCUT2D eigenvalue weighted by atomic mass is 10.0. The first-order valence-corrected chi connectivity index (χ1v) is 6.90. The number of Topliss-reactive ketones (excluding diaryl/α,β-unsaturated/α-hetero) is 1. The van der Waals surface area contributed by atoms with Gasteiger partial charge >= 0.3 is 5.97 Å². The minimum atomic E-state index is -1.23. The molecular formula is C15H19NO4. The second-order valence-corrected chi connectivity index (χ2v) is 5.11. The predicted octanol–water partition coefficient (Wildman–Crippen LogP) is 2.15. The van der Waals surface area contributed by atoms with Gasteiger partial charge in [0.25, 0.3) is 0 Å². The van der Waals surface area contributed by atoms with Crippen molar-refractivity contribution in [2.45, 2.75) is 25.7 Å². The summed E-state index contributed by atoms with van der Waals surface area (Å²) >= 11 is 0. The second kappa shape index (κ2) is 6.52. The maximum atomic E-state index is 12.1.